The molecule has 0 aromatic rings. The van der Waals surface area contributed by atoms with E-state index in [4.69, 9.17) is 0 Å². The van der Waals surface area contributed by atoms with Crippen LogP contribution in [0.5, 0.6) is 0 Å². The Labute approximate surface area is 95.0 Å². The standard InChI is InChI=1S/C14H27N/c1-11-9-14(10-11)15-12(2)13-7-5-3-4-6-8-13/h11-15H,3-10H2,1-2H3/t11?,12-,14?/m1/s1. The van der Waals surface area contributed by atoms with E-state index in [1.807, 2.05) is 0 Å². The molecule has 0 aromatic heterocycles. The summed E-state index contributed by atoms with van der Waals surface area (Å²) in [5, 5.41) is 3.84. The summed E-state index contributed by atoms with van der Waals surface area (Å²) < 4.78 is 0. The molecule has 0 unspecified atom stereocenters. The summed E-state index contributed by atoms with van der Waals surface area (Å²) in [6.45, 7) is 4.79. The molecule has 1 atom stereocenters. The van der Waals surface area contributed by atoms with Crippen LogP contribution in [0.1, 0.15) is 65.2 Å². The van der Waals surface area contributed by atoms with E-state index in [1.165, 1.54) is 51.4 Å². The SMILES string of the molecule is CC1CC(N[C@H](C)C2CCCCCC2)C1. The molecule has 0 aliphatic heterocycles. The third-order valence-electron chi connectivity index (χ3n) is 4.48. The smallest absolute Gasteiger partial charge is 0.00747 e. The minimum Gasteiger partial charge on any atom is -0.311 e. The largest absolute Gasteiger partial charge is 0.311 e. The molecule has 0 saturated heterocycles. The summed E-state index contributed by atoms with van der Waals surface area (Å²) >= 11 is 0. The Morgan fingerprint density at radius 2 is 1.60 bits per heavy atom. The molecule has 0 aromatic carbocycles. The molecule has 0 amide bonds. The van der Waals surface area contributed by atoms with Gasteiger partial charge in [-0.05, 0) is 44.4 Å². The van der Waals surface area contributed by atoms with Crippen molar-refractivity contribution in [2.75, 3.05) is 0 Å². The molecule has 2 saturated carbocycles. The molecule has 2 fully saturated rings. The zero-order valence-electron chi connectivity index (χ0n) is 10.5. The number of rotatable bonds is 3. The van der Waals surface area contributed by atoms with Gasteiger partial charge >= 0.3 is 0 Å². The summed E-state index contributed by atoms with van der Waals surface area (Å²) in [4.78, 5) is 0. The van der Waals surface area contributed by atoms with Gasteiger partial charge in [0.1, 0.15) is 0 Å². The van der Waals surface area contributed by atoms with Gasteiger partial charge in [0.2, 0.25) is 0 Å². The Kier molecular flexibility index (Phi) is 4.07. The molecule has 0 radical (unpaired) electrons. The van der Waals surface area contributed by atoms with Crippen LogP contribution in [0.4, 0.5) is 0 Å². The average molecular weight is 209 g/mol. The molecular weight excluding hydrogens is 182 g/mol. The monoisotopic (exact) mass is 209 g/mol. The minimum atomic E-state index is 0.764. The Morgan fingerprint density at radius 3 is 2.13 bits per heavy atom. The van der Waals surface area contributed by atoms with E-state index in [0.29, 0.717) is 0 Å². The van der Waals surface area contributed by atoms with Crippen LogP contribution in [-0.2, 0) is 0 Å². The van der Waals surface area contributed by atoms with E-state index >= 15 is 0 Å². The summed E-state index contributed by atoms with van der Waals surface area (Å²) in [5.74, 6) is 1.94. The molecule has 0 heterocycles. The number of hydrogen-bond donors (Lipinski definition) is 1. The second kappa shape index (κ2) is 5.34. The molecular formula is C14H27N. The van der Waals surface area contributed by atoms with Crippen molar-refractivity contribution in [3.63, 3.8) is 0 Å². The van der Waals surface area contributed by atoms with Crippen LogP contribution in [0, 0.1) is 11.8 Å². The van der Waals surface area contributed by atoms with Crippen molar-refractivity contribution in [1.29, 1.82) is 0 Å². The van der Waals surface area contributed by atoms with Crippen molar-refractivity contribution in [3.8, 4) is 0 Å². The second-order valence-electron chi connectivity index (χ2n) is 5.98. The van der Waals surface area contributed by atoms with Crippen LogP contribution in [0.15, 0.2) is 0 Å². The van der Waals surface area contributed by atoms with Crippen molar-refractivity contribution in [2.24, 2.45) is 11.8 Å². The van der Waals surface area contributed by atoms with Crippen molar-refractivity contribution >= 4 is 0 Å². The fourth-order valence-corrected chi connectivity index (χ4v) is 3.36. The lowest BCUT2D eigenvalue weighted by molar-refractivity contribution is 0.197. The highest BCUT2D eigenvalue weighted by Gasteiger charge is 2.28. The van der Waals surface area contributed by atoms with Crippen LogP contribution < -0.4 is 5.32 Å². The van der Waals surface area contributed by atoms with Gasteiger partial charge in [0.15, 0.2) is 0 Å². The lowest BCUT2D eigenvalue weighted by atomic mass is 9.80. The van der Waals surface area contributed by atoms with E-state index in [1.54, 1.807) is 0 Å². The quantitative estimate of drug-likeness (QED) is 0.698. The molecule has 1 N–H and O–H groups in total. The lowest BCUT2D eigenvalue weighted by Gasteiger charge is -2.37. The summed E-state index contributed by atoms with van der Waals surface area (Å²) in [5.41, 5.74) is 0. The summed E-state index contributed by atoms with van der Waals surface area (Å²) in [7, 11) is 0. The molecule has 0 bridgehead atoms. The van der Waals surface area contributed by atoms with Crippen LogP contribution >= 0.6 is 0 Å². The molecule has 2 rings (SSSR count). The van der Waals surface area contributed by atoms with Gasteiger partial charge in [-0.1, -0.05) is 32.6 Å². The van der Waals surface area contributed by atoms with Gasteiger partial charge in [-0.15, -0.1) is 0 Å². The number of hydrogen-bond acceptors (Lipinski definition) is 1. The molecule has 2 aliphatic rings. The van der Waals surface area contributed by atoms with Crippen molar-refractivity contribution in [1.82, 2.24) is 5.32 Å². The Bertz CT molecular complexity index is 176. The third kappa shape index (κ3) is 3.21. The molecule has 1 nitrogen and oxygen atoms in total. The fraction of sp³-hybridized carbons (Fsp3) is 1.00. The zero-order chi connectivity index (χ0) is 10.7. The maximum Gasteiger partial charge on any atom is 0.00747 e. The van der Waals surface area contributed by atoms with Gasteiger partial charge in [-0.2, -0.15) is 0 Å². The maximum atomic E-state index is 3.84. The predicted octanol–water partition coefficient (Wildman–Crippen LogP) is 3.73. The lowest BCUT2D eigenvalue weighted by Crippen LogP contribution is -2.47. The van der Waals surface area contributed by atoms with Gasteiger partial charge < -0.3 is 5.32 Å². The minimum absolute atomic E-state index is 0.764. The maximum absolute atomic E-state index is 3.84. The Balaban J connectivity index is 1.71. The highest BCUT2D eigenvalue weighted by molar-refractivity contribution is 4.86. The normalized spacial score (nSPS) is 35.6. The first-order valence-corrected chi connectivity index (χ1v) is 7.01. The van der Waals surface area contributed by atoms with Crippen LogP contribution in [0.3, 0.4) is 0 Å². The average Bonchev–Trinajstić information content (AvgIpc) is 2.43. The van der Waals surface area contributed by atoms with E-state index in [0.717, 1.165) is 23.9 Å². The fourth-order valence-electron chi connectivity index (χ4n) is 3.36. The molecule has 88 valence electrons. The summed E-state index contributed by atoms with van der Waals surface area (Å²) in [6, 6.07) is 1.61. The molecule has 2 aliphatic carbocycles. The zero-order valence-corrected chi connectivity index (χ0v) is 10.5. The van der Waals surface area contributed by atoms with Gasteiger partial charge in [0.25, 0.3) is 0 Å². The van der Waals surface area contributed by atoms with Gasteiger partial charge in [-0.25, -0.2) is 0 Å². The van der Waals surface area contributed by atoms with Crippen LogP contribution in [0.25, 0.3) is 0 Å². The van der Waals surface area contributed by atoms with Gasteiger partial charge in [0, 0.05) is 12.1 Å². The summed E-state index contributed by atoms with van der Waals surface area (Å²) in [6.07, 6.45) is 11.7. The molecule has 1 heteroatoms. The highest BCUT2D eigenvalue weighted by Crippen LogP contribution is 2.30. The first kappa shape index (κ1) is 11.4. The Hall–Kier alpha value is -0.0400. The van der Waals surface area contributed by atoms with E-state index in [2.05, 4.69) is 19.2 Å². The van der Waals surface area contributed by atoms with E-state index in [-0.39, 0.29) is 0 Å². The molecule has 15 heavy (non-hydrogen) atoms. The highest BCUT2D eigenvalue weighted by atomic mass is 15.0. The van der Waals surface area contributed by atoms with E-state index < -0.39 is 0 Å². The molecule has 0 spiro atoms. The van der Waals surface area contributed by atoms with Gasteiger partial charge in [0.05, 0.1) is 0 Å². The third-order valence-corrected chi connectivity index (χ3v) is 4.48. The van der Waals surface area contributed by atoms with Gasteiger partial charge in [-0.3, -0.25) is 0 Å². The Morgan fingerprint density at radius 1 is 1.00 bits per heavy atom. The first-order valence-electron chi connectivity index (χ1n) is 7.01. The van der Waals surface area contributed by atoms with Crippen molar-refractivity contribution < 1.29 is 0 Å². The van der Waals surface area contributed by atoms with E-state index in [9.17, 15) is 0 Å². The predicted molar refractivity (Wildman–Crippen MR) is 66.0 cm³/mol. The topological polar surface area (TPSA) is 12.0 Å². The number of nitrogens with one attached hydrogen (secondary N) is 1. The van der Waals surface area contributed by atoms with Crippen LogP contribution in [0.2, 0.25) is 0 Å². The van der Waals surface area contributed by atoms with Crippen LogP contribution in [-0.4, -0.2) is 12.1 Å². The van der Waals surface area contributed by atoms with Crippen molar-refractivity contribution in [3.05, 3.63) is 0 Å². The second-order valence-corrected chi connectivity index (χ2v) is 5.98. The van der Waals surface area contributed by atoms with Crippen molar-refractivity contribution in [2.45, 2.75) is 77.3 Å². The first-order chi connectivity index (χ1) is 7.25.